The fourth-order valence-electron chi connectivity index (χ4n) is 3.88. The van der Waals surface area contributed by atoms with Crippen molar-refractivity contribution in [1.82, 2.24) is 5.32 Å². The Morgan fingerprint density at radius 1 is 1.19 bits per heavy atom. The molecule has 0 bridgehead atoms. The van der Waals surface area contributed by atoms with Crippen molar-refractivity contribution < 1.29 is 9.47 Å². The normalized spacial score (nSPS) is 29.1. The maximum atomic E-state index is 6.16. The highest BCUT2D eigenvalue weighted by molar-refractivity contribution is 5.00. The Kier molecular flexibility index (Phi) is 7.48. The third-order valence-electron chi connectivity index (χ3n) is 5.29. The van der Waals surface area contributed by atoms with Gasteiger partial charge in [-0.25, -0.2) is 0 Å². The monoisotopic (exact) mass is 297 g/mol. The molecule has 0 amide bonds. The van der Waals surface area contributed by atoms with Crippen LogP contribution in [0, 0.1) is 11.3 Å². The van der Waals surface area contributed by atoms with Crippen LogP contribution in [0.4, 0.5) is 0 Å². The van der Waals surface area contributed by atoms with Crippen molar-refractivity contribution in [2.24, 2.45) is 11.3 Å². The summed E-state index contributed by atoms with van der Waals surface area (Å²) < 4.78 is 11.3. The van der Waals surface area contributed by atoms with Crippen LogP contribution in [-0.2, 0) is 9.47 Å². The maximum absolute atomic E-state index is 6.16. The zero-order valence-corrected chi connectivity index (χ0v) is 14.2. The fourth-order valence-corrected chi connectivity index (χ4v) is 3.88. The number of rotatable bonds is 12. The molecule has 1 aliphatic carbocycles. The van der Waals surface area contributed by atoms with E-state index in [4.69, 9.17) is 9.47 Å². The van der Waals surface area contributed by atoms with E-state index in [2.05, 4.69) is 12.2 Å². The Morgan fingerprint density at radius 2 is 2.00 bits per heavy atom. The van der Waals surface area contributed by atoms with Gasteiger partial charge < -0.3 is 14.8 Å². The average Bonchev–Trinajstić information content (AvgIpc) is 3.25. The van der Waals surface area contributed by atoms with Gasteiger partial charge in [0.05, 0.1) is 12.7 Å². The number of nitrogens with one attached hydrogen (secondary N) is 1. The number of methoxy groups -OCH3 is 1. The number of hydrogen-bond donors (Lipinski definition) is 1. The first kappa shape index (κ1) is 17.2. The van der Waals surface area contributed by atoms with E-state index in [0.29, 0.717) is 11.5 Å². The van der Waals surface area contributed by atoms with Gasteiger partial charge in [0.1, 0.15) is 0 Å². The van der Waals surface area contributed by atoms with Crippen LogP contribution in [0.1, 0.15) is 64.7 Å². The summed E-state index contributed by atoms with van der Waals surface area (Å²) in [7, 11) is 1.77. The van der Waals surface area contributed by atoms with E-state index in [-0.39, 0.29) is 0 Å². The van der Waals surface area contributed by atoms with E-state index in [1.165, 1.54) is 57.8 Å². The van der Waals surface area contributed by atoms with Crippen molar-refractivity contribution in [3.63, 3.8) is 0 Å². The lowest BCUT2D eigenvalue weighted by molar-refractivity contribution is 0.0246. The van der Waals surface area contributed by atoms with Crippen molar-refractivity contribution in [2.75, 3.05) is 33.4 Å². The SMILES string of the molecule is CCCCCCCC1(CNCCOC)CCOC1C1CC1. The Morgan fingerprint density at radius 3 is 2.71 bits per heavy atom. The quantitative estimate of drug-likeness (QED) is 0.556. The summed E-state index contributed by atoms with van der Waals surface area (Å²) in [4.78, 5) is 0. The molecule has 2 atom stereocenters. The highest BCUT2D eigenvalue weighted by atomic mass is 16.5. The van der Waals surface area contributed by atoms with Crippen LogP contribution >= 0.6 is 0 Å². The predicted octanol–water partition coefficient (Wildman–Crippen LogP) is 3.77. The molecule has 3 heteroatoms. The lowest BCUT2D eigenvalue weighted by Crippen LogP contribution is -2.42. The molecule has 2 aliphatic rings. The number of hydrogen-bond acceptors (Lipinski definition) is 3. The molecule has 3 nitrogen and oxygen atoms in total. The summed E-state index contributed by atoms with van der Waals surface area (Å²) in [5, 5.41) is 3.63. The van der Waals surface area contributed by atoms with Crippen molar-refractivity contribution in [1.29, 1.82) is 0 Å². The molecule has 124 valence electrons. The van der Waals surface area contributed by atoms with Crippen LogP contribution < -0.4 is 5.32 Å². The molecule has 1 saturated carbocycles. The van der Waals surface area contributed by atoms with E-state index in [9.17, 15) is 0 Å². The molecule has 1 saturated heterocycles. The van der Waals surface area contributed by atoms with Gasteiger partial charge in [0, 0.05) is 32.2 Å². The highest BCUT2D eigenvalue weighted by Crippen LogP contribution is 2.50. The molecular weight excluding hydrogens is 262 g/mol. The van der Waals surface area contributed by atoms with Crippen LogP contribution in [0.2, 0.25) is 0 Å². The summed E-state index contributed by atoms with van der Waals surface area (Å²) in [6.45, 7) is 6.15. The highest BCUT2D eigenvalue weighted by Gasteiger charge is 2.50. The Balaban J connectivity index is 1.80. The summed E-state index contributed by atoms with van der Waals surface area (Å²) in [5.74, 6) is 0.854. The molecule has 0 aromatic rings. The van der Waals surface area contributed by atoms with Crippen LogP contribution in [0.3, 0.4) is 0 Å². The Labute approximate surface area is 131 Å². The lowest BCUT2D eigenvalue weighted by Gasteiger charge is -2.35. The first-order valence-electron chi connectivity index (χ1n) is 9.13. The molecule has 2 fully saturated rings. The van der Waals surface area contributed by atoms with Gasteiger partial charge in [-0.15, -0.1) is 0 Å². The minimum atomic E-state index is 0.404. The minimum absolute atomic E-state index is 0.404. The topological polar surface area (TPSA) is 30.5 Å². The summed E-state index contributed by atoms with van der Waals surface area (Å²) in [6, 6.07) is 0. The molecule has 0 radical (unpaired) electrons. The molecule has 0 aromatic heterocycles. The van der Waals surface area contributed by atoms with E-state index in [1.54, 1.807) is 7.11 Å². The summed E-state index contributed by atoms with van der Waals surface area (Å²) in [5.41, 5.74) is 0.404. The molecule has 1 heterocycles. The van der Waals surface area contributed by atoms with Crippen LogP contribution in [0.25, 0.3) is 0 Å². The lowest BCUT2D eigenvalue weighted by atomic mass is 9.74. The molecule has 0 aromatic carbocycles. The van der Waals surface area contributed by atoms with Crippen molar-refractivity contribution in [2.45, 2.75) is 70.8 Å². The molecule has 1 N–H and O–H groups in total. The van der Waals surface area contributed by atoms with Gasteiger partial charge in [-0.05, 0) is 31.6 Å². The fraction of sp³-hybridized carbons (Fsp3) is 1.00. The molecule has 21 heavy (non-hydrogen) atoms. The molecule has 2 rings (SSSR count). The first-order valence-corrected chi connectivity index (χ1v) is 9.13. The van der Waals surface area contributed by atoms with Gasteiger partial charge in [-0.3, -0.25) is 0 Å². The Bertz CT molecular complexity index is 280. The molecule has 2 unspecified atom stereocenters. The second-order valence-corrected chi connectivity index (χ2v) is 7.07. The maximum Gasteiger partial charge on any atom is 0.0672 e. The second-order valence-electron chi connectivity index (χ2n) is 7.07. The molecule has 1 aliphatic heterocycles. The van der Waals surface area contributed by atoms with Crippen LogP contribution in [-0.4, -0.2) is 39.5 Å². The number of ether oxygens (including phenoxy) is 2. The van der Waals surface area contributed by atoms with Gasteiger partial charge >= 0.3 is 0 Å². The van der Waals surface area contributed by atoms with Crippen LogP contribution in [0.5, 0.6) is 0 Å². The second kappa shape index (κ2) is 9.12. The van der Waals surface area contributed by atoms with E-state index in [1.807, 2.05) is 0 Å². The van der Waals surface area contributed by atoms with E-state index >= 15 is 0 Å². The largest absolute Gasteiger partial charge is 0.383 e. The van der Waals surface area contributed by atoms with Crippen molar-refractivity contribution in [3.8, 4) is 0 Å². The predicted molar refractivity (Wildman–Crippen MR) is 87.6 cm³/mol. The van der Waals surface area contributed by atoms with Crippen molar-refractivity contribution in [3.05, 3.63) is 0 Å². The van der Waals surface area contributed by atoms with Gasteiger partial charge in [0.2, 0.25) is 0 Å². The zero-order chi connectivity index (χ0) is 15.0. The van der Waals surface area contributed by atoms with Crippen LogP contribution in [0.15, 0.2) is 0 Å². The zero-order valence-electron chi connectivity index (χ0n) is 14.2. The third kappa shape index (κ3) is 5.22. The number of unbranched alkanes of at least 4 members (excludes halogenated alkanes) is 4. The van der Waals surface area contributed by atoms with E-state index < -0.39 is 0 Å². The Hall–Kier alpha value is -0.120. The molecule has 0 spiro atoms. The van der Waals surface area contributed by atoms with Gasteiger partial charge in [0.25, 0.3) is 0 Å². The van der Waals surface area contributed by atoms with Crippen molar-refractivity contribution >= 4 is 0 Å². The first-order chi connectivity index (χ1) is 10.3. The standard InChI is InChI=1S/C18H35NO2/c1-3-4-5-6-7-10-18(15-19-12-14-20-2)11-13-21-17(18)16-8-9-16/h16-17,19H,3-15H2,1-2H3. The summed E-state index contributed by atoms with van der Waals surface area (Å²) >= 11 is 0. The van der Waals surface area contributed by atoms with E-state index in [0.717, 1.165) is 32.2 Å². The van der Waals surface area contributed by atoms with Gasteiger partial charge in [0.15, 0.2) is 0 Å². The van der Waals surface area contributed by atoms with Gasteiger partial charge in [-0.1, -0.05) is 39.0 Å². The third-order valence-corrected chi connectivity index (χ3v) is 5.29. The summed E-state index contributed by atoms with van der Waals surface area (Å²) in [6.07, 6.45) is 12.8. The minimum Gasteiger partial charge on any atom is -0.383 e. The average molecular weight is 297 g/mol. The smallest absolute Gasteiger partial charge is 0.0672 e. The van der Waals surface area contributed by atoms with Gasteiger partial charge in [-0.2, -0.15) is 0 Å². The molecular formula is C18H35NO2.